The maximum Gasteiger partial charge on any atom is 0.286 e. The second-order valence-corrected chi connectivity index (χ2v) is 11.2. The third-order valence-corrected chi connectivity index (χ3v) is 9.04. The molecule has 0 radical (unpaired) electrons. The molecule has 1 aliphatic heterocycles. The van der Waals surface area contributed by atoms with Crippen LogP contribution in [0.3, 0.4) is 0 Å². The van der Waals surface area contributed by atoms with Crippen LogP contribution in [0.15, 0.2) is 34.5 Å². The van der Waals surface area contributed by atoms with Gasteiger partial charge in [-0.1, -0.05) is 22.9 Å². The van der Waals surface area contributed by atoms with Crippen LogP contribution in [0.25, 0.3) is 0 Å². The van der Waals surface area contributed by atoms with Gasteiger partial charge >= 0.3 is 0 Å². The molecule has 3 heterocycles. The summed E-state index contributed by atoms with van der Waals surface area (Å²) in [5, 5.41) is 10.6. The standard InChI is InChI=1S/C17H13ClF2N4O3S3/c18-13-5-6-14(28-13)30(26,27)24-7-1-2-12(24)16-22-23-17(29-16)15(25)21-9-3-4-10(19)11(20)8-9/h3-6,8,12H,1-2,7H2,(H,21,25). The fraction of sp³-hybridized carbons (Fsp3) is 0.235. The minimum absolute atomic E-state index is 0.0156. The molecule has 1 N–H and O–H groups in total. The number of anilines is 1. The number of sulfonamides is 1. The van der Waals surface area contributed by atoms with Crippen LogP contribution in [0.1, 0.15) is 33.7 Å². The average molecular weight is 491 g/mol. The molecule has 0 aliphatic carbocycles. The van der Waals surface area contributed by atoms with E-state index in [1.807, 2.05) is 0 Å². The van der Waals surface area contributed by atoms with Crippen LogP contribution >= 0.6 is 34.3 Å². The topological polar surface area (TPSA) is 92.3 Å². The highest BCUT2D eigenvalue weighted by molar-refractivity contribution is 7.91. The Bertz CT molecular complexity index is 1210. The molecule has 30 heavy (non-hydrogen) atoms. The minimum Gasteiger partial charge on any atom is -0.320 e. The maximum absolute atomic E-state index is 13.3. The second-order valence-electron chi connectivity index (χ2n) is 6.36. The summed E-state index contributed by atoms with van der Waals surface area (Å²) in [5.41, 5.74) is 0.0651. The Balaban J connectivity index is 1.54. The number of amides is 1. The first-order valence-electron chi connectivity index (χ1n) is 8.62. The van der Waals surface area contributed by atoms with Crippen LogP contribution < -0.4 is 5.32 Å². The predicted molar refractivity (Wildman–Crippen MR) is 109 cm³/mol. The smallest absolute Gasteiger partial charge is 0.286 e. The lowest BCUT2D eigenvalue weighted by molar-refractivity contribution is 0.102. The van der Waals surface area contributed by atoms with Crippen molar-refractivity contribution in [2.45, 2.75) is 23.1 Å². The van der Waals surface area contributed by atoms with Gasteiger partial charge in [0.1, 0.15) is 9.22 Å². The number of benzene rings is 1. The number of carbonyl (C=O) groups excluding carboxylic acids is 1. The lowest BCUT2D eigenvalue weighted by Gasteiger charge is -2.21. The monoisotopic (exact) mass is 490 g/mol. The van der Waals surface area contributed by atoms with Crippen molar-refractivity contribution in [1.29, 1.82) is 0 Å². The Morgan fingerprint density at radius 2 is 1.97 bits per heavy atom. The maximum atomic E-state index is 13.3. The van der Waals surface area contributed by atoms with Crippen molar-refractivity contribution in [1.82, 2.24) is 14.5 Å². The number of nitrogens with zero attached hydrogens (tertiary/aromatic N) is 3. The summed E-state index contributed by atoms with van der Waals surface area (Å²) in [4.78, 5) is 12.4. The van der Waals surface area contributed by atoms with Crippen molar-refractivity contribution in [3.8, 4) is 0 Å². The van der Waals surface area contributed by atoms with E-state index in [4.69, 9.17) is 11.6 Å². The highest BCUT2D eigenvalue weighted by atomic mass is 35.5. The van der Waals surface area contributed by atoms with Gasteiger partial charge in [-0.05, 0) is 37.1 Å². The molecule has 13 heteroatoms. The van der Waals surface area contributed by atoms with Gasteiger partial charge in [0.05, 0.1) is 10.4 Å². The van der Waals surface area contributed by atoms with Crippen LogP contribution in [0.4, 0.5) is 14.5 Å². The van der Waals surface area contributed by atoms with Crippen LogP contribution in [0, 0.1) is 11.6 Å². The summed E-state index contributed by atoms with van der Waals surface area (Å²) >= 11 is 7.80. The molecule has 1 saturated heterocycles. The summed E-state index contributed by atoms with van der Waals surface area (Å²) in [6, 6.07) is 5.41. The van der Waals surface area contributed by atoms with Gasteiger partial charge in [-0.25, -0.2) is 17.2 Å². The molecule has 1 fully saturated rings. The Hall–Kier alpha value is -1.99. The van der Waals surface area contributed by atoms with Gasteiger partial charge in [-0.15, -0.1) is 21.5 Å². The summed E-state index contributed by atoms with van der Waals surface area (Å²) in [7, 11) is -3.76. The number of thiophene rings is 1. The molecule has 1 amide bonds. The summed E-state index contributed by atoms with van der Waals surface area (Å²) in [6.45, 7) is 0.318. The Morgan fingerprint density at radius 1 is 1.17 bits per heavy atom. The van der Waals surface area contributed by atoms with Crippen LogP contribution in [0.2, 0.25) is 4.34 Å². The molecule has 158 valence electrons. The van der Waals surface area contributed by atoms with Crippen LogP contribution in [0.5, 0.6) is 0 Å². The van der Waals surface area contributed by atoms with E-state index in [2.05, 4.69) is 15.5 Å². The van der Waals surface area contributed by atoms with Gasteiger partial charge < -0.3 is 5.32 Å². The zero-order chi connectivity index (χ0) is 21.5. The number of carbonyl (C=O) groups is 1. The molecule has 4 rings (SSSR count). The third-order valence-electron chi connectivity index (χ3n) is 4.41. The Morgan fingerprint density at radius 3 is 2.67 bits per heavy atom. The molecular weight excluding hydrogens is 478 g/mol. The fourth-order valence-electron chi connectivity index (χ4n) is 3.05. The molecule has 1 atom stereocenters. The van der Waals surface area contributed by atoms with Gasteiger partial charge in [0, 0.05) is 18.3 Å². The van der Waals surface area contributed by atoms with Crippen molar-refractivity contribution in [3.63, 3.8) is 0 Å². The number of rotatable bonds is 5. The van der Waals surface area contributed by atoms with E-state index < -0.39 is 33.6 Å². The highest BCUT2D eigenvalue weighted by Crippen LogP contribution is 2.39. The molecule has 3 aromatic rings. The SMILES string of the molecule is O=C(Nc1ccc(F)c(F)c1)c1nnc(C2CCCN2S(=O)(=O)c2ccc(Cl)s2)s1. The number of hydrogen-bond acceptors (Lipinski definition) is 7. The normalized spacial score (nSPS) is 17.4. The van der Waals surface area contributed by atoms with Crippen molar-refractivity contribution in [3.05, 3.63) is 56.3 Å². The molecule has 0 spiro atoms. The largest absolute Gasteiger partial charge is 0.320 e. The molecule has 1 aromatic carbocycles. The first-order chi connectivity index (χ1) is 14.3. The van der Waals surface area contributed by atoms with Gasteiger partial charge in [-0.3, -0.25) is 4.79 Å². The van der Waals surface area contributed by atoms with Crippen molar-refractivity contribution < 1.29 is 22.0 Å². The van der Waals surface area contributed by atoms with E-state index in [1.54, 1.807) is 0 Å². The van der Waals surface area contributed by atoms with Gasteiger partial charge in [0.2, 0.25) is 5.01 Å². The number of hydrogen-bond donors (Lipinski definition) is 1. The lowest BCUT2D eigenvalue weighted by atomic mass is 10.2. The molecule has 0 saturated carbocycles. The molecule has 1 unspecified atom stereocenters. The number of aromatic nitrogens is 2. The van der Waals surface area contributed by atoms with E-state index in [1.165, 1.54) is 22.5 Å². The quantitative estimate of drug-likeness (QED) is 0.575. The minimum atomic E-state index is -3.76. The first kappa shape index (κ1) is 21.2. The van der Waals surface area contributed by atoms with Crippen LogP contribution in [-0.4, -0.2) is 35.4 Å². The zero-order valence-electron chi connectivity index (χ0n) is 15.0. The zero-order valence-corrected chi connectivity index (χ0v) is 18.2. The number of halogens is 3. The number of nitrogens with one attached hydrogen (secondary N) is 1. The average Bonchev–Trinajstić information content (AvgIpc) is 3.43. The predicted octanol–water partition coefficient (Wildman–Crippen LogP) is 4.31. The van der Waals surface area contributed by atoms with Crippen molar-refractivity contribution >= 4 is 55.9 Å². The van der Waals surface area contributed by atoms with Crippen molar-refractivity contribution in [2.24, 2.45) is 0 Å². The van der Waals surface area contributed by atoms with Gasteiger partial charge in [0.25, 0.3) is 15.9 Å². The first-order valence-corrected chi connectivity index (χ1v) is 12.1. The van der Waals surface area contributed by atoms with Crippen molar-refractivity contribution in [2.75, 3.05) is 11.9 Å². The Kier molecular flexibility index (Phi) is 5.86. The van der Waals surface area contributed by atoms with Gasteiger partial charge in [-0.2, -0.15) is 4.31 Å². The van der Waals surface area contributed by atoms with E-state index in [0.29, 0.717) is 28.7 Å². The molecule has 1 aliphatic rings. The van der Waals surface area contributed by atoms with Crippen LogP contribution in [-0.2, 0) is 10.0 Å². The summed E-state index contributed by atoms with van der Waals surface area (Å²) in [6.07, 6.45) is 1.18. The molecule has 7 nitrogen and oxygen atoms in total. The Labute approximate surface area is 183 Å². The summed E-state index contributed by atoms with van der Waals surface area (Å²) < 4.78 is 54.1. The molecule has 2 aromatic heterocycles. The van der Waals surface area contributed by atoms with Gasteiger partial charge in [0.15, 0.2) is 11.6 Å². The van der Waals surface area contributed by atoms with E-state index >= 15 is 0 Å². The third kappa shape index (κ3) is 4.10. The van der Waals surface area contributed by atoms with E-state index in [9.17, 15) is 22.0 Å². The highest BCUT2D eigenvalue weighted by Gasteiger charge is 2.39. The molecular formula is C17H13ClF2N4O3S3. The van der Waals surface area contributed by atoms with E-state index in [0.717, 1.165) is 34.8 Å². The summed E-state index contributed by atoms with van der Waals surface area (Å²) in [5.74, 6) is -2.77. The molecule has 0 bridgehead atoms. The fourth-order valence-corrected chi connectivity index (χ4v) is 7.27. The second kappa shape index (κ2) is 8.27. The van der Waals surface area contributed by atoms with E-state index in [-0.39, 0.29) is 14.9 Å². The lowest BCUT2D eigenvalue weighted by Crippen LogP contribution is -2.30.